The molecule has 0 bridgehead atoms. The van der Waals surface area contributed by atoms with Gasteiger partial charge in [-0.3, -0.25) is 4.79 Å². The molecule has 0 aromatic carbocycles. The van der Waals surface area contributed by atoms with Gasteiger partial charge in [0.15, 0.2) is 0 Å². The van der Waals surface area contributed by atoms with E-state index in [2.05, 4.69) is 22.6 Å². The number of hydrogen-bond donors (Lipinski definition) is 1. The van der Waals surface area contributed by atoms with Crippen LogP contribution >= 0.6 is 22.6 Å². The average Bonchev–Trinajstić information content (AvgIpc) is 2.17. The Morgan fingerprint density at radius 3 is 2.29 bits per heavy atom. The Hall–Kier alpha value is 0.200. The van der Waals surface area contributed by atoms with Crippen molar-refractivity contribution < 1.29 is 4.79 Å². The molecule has 1 amide bonds. The third-order valence-electron chi connectivity index (χ3n) is 1.08. The van der Waals surface area contributed by atoms with Crippen LogP contribution in [-0.4, -0.2) is 9.83 Å². The Morgan fingerprint density at radius 2 is 2.29 bits per heavy atom. The van der Waals surface area contributed by atoms with Crippen molar-refractivity contribution in [2.45, 2.75) is 10.3 Å². The van der Waals surface area contributed by atoms with Gasteiger partial charge in [0.05, 0.1) is 5.92 Å². The zero-order valence-electron chi connectivity index (χ0n) is 3.73. The molecule has 7 heavy (non-hydrogen) atoms. The SMILES string of the molecule is NC(=O)[C@@H]1CC1I. The molecule has 2 nitrogen and oxygen atoms in total. The van der Waals surface area contributed by atoms with Gasteiger partial charge < -0.3 is 5.73 Å². The highest BCUT2D eigenvalue weighted by molar-refractivity contribution is 14.1. The topological polar surface area (TPSA) is 43.1 Å². The van der Waals surface area contributed by atoms with E-state index in [0.717, 1.165) is 6.42 Å². The lowest BCUT2D eigenvalue weighted by Crippen LogP contribution is -2.13. The van der Waals surface area contributed by atoms with Crippen molar-refractivity contribution in [3.8, 4) is 0 Å². The fraction of sp³-hybridized carbons (Fsp3) is 0.750. The molecule has 0 radical (unpaired) electrons. The number of alkyl halides is 1. The highest BCUT2D eigenvalue weighted by atomic mass is 127. The van der Waals surface area contributed by atoms with Gasteiger partial charge in [-0.1, -0.05) is 22.6 Å². The number of halogens is 1. The number of hydrogen-bond acceptors (Lipinski definition) is 1. The summed E-state index contributed by atoms with van der Waals surface area (Å²) in [6.45, 7) is 0. The Bertz CT molecular complexity index is 104. The molecule has 40 valence electrons. The van der Waals surface area contributed by atoms with E-state index in [9.17, 15) is 4.79 Å². The standard InChI is InChI=1S/C4H6INO/c5-3-1-2(3)4(6)7/h2-3H,1H2,(H2,6,7)/t2-,3?/m1/s1. The number of rotatable bonds is 1. The number of carbonyl (C=O) groups excluding carboxylic acids is 1. The van der Waals surface area contributed by atoms with E-state index in [1.165, 1.54) is 0 Å². The minimum atomic E-state index is -0.139. The van der Waals surface area contributed by atoms with Crippen LogP contribution in [0.5, 0.6) is 0 Å². The van der Waals surface area contributed by atoms with Crippen LogP contribution in [0.25, 0.3) is 0 Å². The normalized spacial score (nSPS) is 37.9. The van der Waals surface area contributed by atoms with E-state index in [-0.39, 0.29) is 11.8 Å². The molecule has 3 heteroatoms. The quantitative estimate of drug-likeness (QED) is 0.491. The lowest BCUT2D eigenvalue weighted by atomic mass is 10.4. The van der Waals surface area contributed by atoms with Gasteiger partial charge in [-0.15, -0.1) is 0 Å². The van der Waals surface area contributed by atoms with Crippen LogP contribution in [0.15, 0.2) is 0 Å². The lowest BCUT2D eigenvalue weighted by Gasteiger charge is -1.80. The molecule has 0 saturated heterocycles. The first kappa shape index (κ1) is 5.34. The summed E-state index contributed by atoms with van der Waals surface area (Å²) in [5, 5.41) is 0. The molecule has 1 saturated carbocycles. The summed E-state index contributed by atoms with van der Waals surface area (Å²) in [6, 6.07) is 0. The Morgan fingerprint density at radius 1 is 1.86 bits per heavy atom. The van der Waals surface area contributed by atoms with Crippen LogP contribution in [0.3, 0.4) is 0 Å². The van der Waals surface area contributed by atoms with Crippen molar-refractivity contribution in [1.82, 2.24) is 0 Å². The number of nitrogens with two attached hydrogens (primary N) is 1. The van der Waals surface area contributed by atoms with Crippen LogP contribution in [0.2, 0.25) is 0 Å². The van der Waals surface area contributed by atoms with Crippen molar-refractivity contribution in [1.29, 1.82) is 0 Å². The zero-order chi connectivity index (χ0) is 5.44. The van der Waals surface area contributed by atoms with Crippen molar-refractivity contribution >= 4 is 28.5 Å². The summed E-state index contributed by atoms with van der Waals surface area (Å²) in [7, 11) is 0. The summed E-state index contributed by atoms with van der Waals surface area (Å²) in [4.78, 5) is 10.2. The van der Waals surface area contributed by atoms with Crippen molar-refractivity contribution in [2.24, 2.45) is 11.7 Å². The molecular weight excluding hydrogens is 205 g/mol. The zero-order valence-corrected chi connectivity index (χ0v) is 5.88. The van der Waals surface area contributed by atoms with E-state index in [1.807, 2.05) is 0 Å². The third-order valence-corrected chi connectivity index (χ3v) is 2.45. The van der Waals surface area contributed by atoms with Crippen molar-refractivity contribution in [3.05, 3.63) is 0 Å². The minimum absolute atomic E-state index is 0.139. The molecule has 0 aromatic rings. The van der Waals surface area contributed by atoms with Gasteiger partial charge in [-0.05, 0) is 6.42 Å². The molecule has 1 aliphatic rings. The molecule has 0 spiro atoms. The molecule has 0 heterocycles. The third kappa shape index (κ3) is 1.05. The highest BCUT2D eigenvalue weighted by Crippen LogP contribution is 2.37. The summed E-state index contributed by atoms with van der Waals surface area (Å²) < 4.78 is 0.537. The number of amides is 1. The van der Waals surface area contributed by atoms with Gasteiger partial charge in [-0.2, -0.15) is 0 Å². The van der Waals surface area contributed by atoms with E-state index < -0.39 is 0 Å². The highest BCUT2D eigenvalue weighted by Gasteiger charge is 2.39. The molecular formula is C4H6INO. The number of carbonyl (C=O) groups is 1. The first-order valence-electron chi connectivity index (χ1n) is 2.15. The lowest BCUT2D eigenvalue weighted by molar-refractivity contribution is -0.119. The number of primary amides is 1. The second-order valence-electron chi connectivity index (χ2n) is 1.76. The summed E-state index contributed by atoms with van der Waals surface area (Å²) in [5.74, 6) is 0.0556. The summed E-state index contributed by atoms with van der Waals surface area (Å²) in [5.41, 5.74) is 4.94. The smallest absolute Gasteiger partial charge is 0.221 e. The van der Waals surface area contributed by atoms with Gasteiger partial charge in [-0.25, -0.2) is 0 Å². The van der Waals surface area contributed by atoms with Crippen molar-refractivity contribution in [2.75, 3.05) is 0 Å². The van der Waals surface area contributed by atoms with Gasteiger partial charge in [0.2, 0.25) is 5.91 Å². The van der Waals surface area contributed by atoms with Gasteiger partial charge in [0.25, 0.3) is 0 Å². The van der Waals surface area contributed by atoms with Gasteiger partial charge in [0.1, 0.15) is 0 Å². The Balaban J connectivity index is 2.33. The second-order valence-corrected chi connectivity index (χ2v) is 3.36. The first-order valence-corrected chi connectivity index (χ1v) is 3.40. The molecule has 1 aliphatic carbocycles. The molecule has 1 unspecified atom stereocenters. The first-order chi connectivity index (χ1) is 3.22. The molecule has 2 N–H and O–H groups in total. The van der Waals surface area contributed by atoms with E-state index in [0.29, 0.717) is 3.92 Å². The average molecular weight is 211 g/mol. The van der Waals surface area contributed by atoms with Crippen LogP contribution < -0.4 is 5.73 Å². The molecule has 2 atom stereocenters. The largest absolute Gasteiger partial charge is 0.369 e. The molecule has 1 rings (SSSR count). The minimum Gasteiger partial charge on any atom is -0.369 e. The summed E-state index contributed by atoms with van der Waals surface area (Å²) >= 11 is 2.23. The summed E-state index contributed by atoms with van der Waals surface area (Å²) in [6.07, 6.45) is 0.996. The van der Waals surface area contributed by atoms with E-state index >= 15 is 0 Å². The monoisotopic (exact) mass is 211 g/mol. The fourth-order valence-electron chi connectivity index (χ4n) is 0.458. The van der Waals surface area contributed by atoms with Crippen LogP contribution in [-0.2, 0) is 4.79 Å². The van der Waals surface area contributed by atoms with Gasteiger partial charge >= 0.3 is 0 Å². The fourth-order valence-corrected chi connectivity index (χ4v) is 1.36. The van der Waals surface area contributed by atoms with Crippen LogP contribution in [0.1, 0.15) is 6.42 Å². The second kappa shape index (κ2) is 1.61. The Labute approximate surface area is 55.6 Å². The predicted octanol–water partition coefficient (Wildman–Crippen LogP) is 0.295. The van der Waals surface area contributed by atoms with E-state index in [4.69, 9.17) is 5.73 Å². The maximum atomic E-state index is 10.2. The van der Waals surface area contributed by atoms with Gasteiger partial charge in [0, 0.05) is 3.92 Å². The van der Waals surface area contributed by atoms with E-state index in [1.54, 1.807) is 0 Å². The van der Waals surface area contributed by atoms with Crippen LogP contribution in [0, 0.1) is 5.92 Å². The van der Waals surface area contributed by atoms with Crippen LogP contribution in [0.4, 0.5) is 0 Å². The van der Waals surface area contributed by atoms with Crippen molar-refractivity contribution in [3.63, 3.8) is 0 Å². The maximum absolute atomic E-state index is 10.2. The molecule has 0 aromatic heterocycles. The maximum Gasteiger partial charge on any atom is 0.221 e. The molecule has 1 fully saturated rings. The Kier molecular flexibility index (Phi) is 1.23. The predicted molar refractivity (Wildman–Crippen MR) is 35.1 cm³/mol. The molecule has 0 aliphatic heterocycles.